The third-order valence-electron chi connectivity index (χ3n) is 1.68. The number of aromatic nitrogens is 1. The van der Waals surface area contributed by atoms with Crippen LogP contribution in [0, 0.1) is 6.07 Å². The molecular weight excluding hydrogens is 249 g/mol. The van der Waals surface area contributed by atoms with E-state index in [9.17, 15) is 18.0 Å². The Kier molecular flexibility index (Phi) is 3.83. The van der Waals surface area contributed by atoms with Gasteiger partial charge in [0.1, 0.15) is 11.4 Å². The van der Waals surface area contributed by atoms with Gasteiger partial charge in [-0.1, -0.05) is 0 Å². The highest BCUT2D eigenvalue weighted by Crippen LogP contribution is 2.33. The number of nitrogens with one attached hydrogen (secondary N) is 1. The Bertz CT molecular complexity index is 439. The van der Waals surface area contributed by atoms with Crippen molar-refractivity contribution in [3.63, 3.8) is 0 Å². The Morgan fingerprint density at radius 1 is 1.39 bits per heavy atom. The first-order valence-electron chi connectivity index (χ1n) is 5.03. The lowest BCUT2D eigenvalue weighted by molar-refractivity contribution is -0.137. The van der Waals surface area contributed by atoms with Gasteiger partial charge in [0.05, 0.1) is 5.56 Å². The summed E-state index contributed by atoms with van der Waals surface area (Å²) in [4.78, 5) is 14.8. The van der Waals surface area contributed by atoms with E-state index in [1.807, 2.05) is 5.32 Å². The Morgan fingerprint density at radius 2 is 2.00 bits per heavy atom. The lowest BCUT2D eigenvalue weighted by atomic mass is 10.2. The van der Waals surface area contributed by atoms with Gasteiger partial charge in [0, 0.05) is 12.3 Å². The summed E-state index contributed by atoms with van der Waals surface area (Å²) < 4.78 is 42.6. The highest BCUT2D eigenvalue weighted by atomic mass is 19.4. The van der Waals surface area contributed by atoms with Gasteiger partial charge in [-0.15, -0.1) is 0 Å². The van der Waals surface area contributed by atoms with E-state index in [1.165, 1.54) is 0 Å². The fourth-order valence-electron chi connectivity index (χ4n) is 1.08. The fraction of sp³-hybridized carbons (Fsp3) is 0.455. The predicted molar refractivity (Wildman–Crippen MR) is 57.9 cm³/mol. The molecule has 1 N–H and O–H groups in total. The van der Waals surface area contributed by atoms with Crippen molar-refractivity contribution in [1.29, 1.82) is 0 Å². The van der Waals surface area contributed by atoms with E-state index in [2.05, 4.69) is 11.1 Å². The van der Waals surface area contributed by atoms with E-state index in [-0.39, 0.29) is 0 Å². The number of carbonyl (C=O) groups excluding carboxylic acids is 1. The zero-order valence-electron chi connectivity index (χ0n) is 10.1. The molecule has 0 aromatic carbocycles. The number of nitrogens with zero attached hydrogens (tertiary/aromatic N) is 1. The van der Waals surface area contributed by atoms with Crippen molar-refractivity contribution in [2.75, 3.05) is 5.32 Å². The predicted octanol–water partition coefficient (Wildman–Crippen LogP) is 3.25. The summed E-state index contributed by atoms with van der Waals surface area (Å²) in [7, 11) is 0. The molecule has 0 atom stereocenters. The number of halogens is 3. The summed E-state index contributed by atoms with van der Waals surface area (Å²) in [6.07, 6.45) is -4.58. The van der Waals surface area contributed by atoms with Crippen LogP contribution in [0.3, 0.4) is 0 Å². The van der Waals surface area contributed by atoms with Gasteiger partial charge >= 0.3 is 12.3 Å². The molecule has 0 fully saturated rings. The second-order valence-corrected chi connectivity index (χ2v) is 4.46. The van der Waals surface area contributed by atoms with Gasteiger partial charge in [-0.2, -0.15) is 13.2 Å². The van der Waals surface area contributed by atoms with Crippen LogP contribution in [0.15, 0.2) is 12.3 Å². The standard InChI is InChI=1S/C11H12F3N2O2/c1-10(2,3)18-9(17)16-8-7(11(12,13)14)5-4-6-15-8/h5-6H,1-3H3,(H,15,16,17). The molecule has 1 heterocycles. The van der Waals surface area contributed by atoms with Gasteiger partial charge in [-0.05, 0) is 26.8 Å². The molecule has 1 radical (unpaired) electrons. The monoisotopic (exact) mass is 261 g/mol. The van der Waals surface area contributed by atoms with Gasteiger partial charge in [-0.25, -0.2) is 9.78 Å². The smallest absolute Gasteiger partial charge is 0.419 e. The van der Waals surface area contributed by atoms with Gasteiger partial charge in [0.2, 0.25) is 0 Å². The minimum atomic E-state index is -4.62. The van der Waals surface area contributed by atoms with Crippen LogP contribution in [-0.2, 0) is 10.9 Å². The van der Waals surface area contributed by atoms with Crippen molar-refractivity contribution in [3.05, 3.63) is 23.9 Å². The van der Waals surface area contributed by atoms with Crippen LogP contribution in [-0.4, -0.2) is 16.7 Å². The number of ether oxygens (including phenoxy) is 1. The molecule has 0 aliphatic heterocycles. The third-order valence-corrected chi connectivity index (χ3v) is 1.68. The summed E-state index contributed by atoms with van der Waals surface area (Å²) in [5.74, 6) is -0.601. The third kappa shape index (κ3) is 4.23. The first kappa shape index (κ1) is 14.3. The summed E-state index contributed by atoms with van der Waals surface area (Å²) in [6.45, 7) is 4.80. The number of alkyl halides is 3. The first-order valence-corrected chi connectivity index (χ1v) is 5.03. The second-order valence-electron chi connectivity index (χ2n) is 4.46. The highest BCUT2D eigenvalue weighted by Gasteiger charge is 2.35. The molecule has 0 saturated heterocycles. The molecule has 0 aliphatic carbocycles. The molecule has 0 bridgehead atoms. The molecule has 0 aliphatic rings. The Labute approximate surface area is 102 Å². The van der Waals surface area contributed by atoms with E-state index in [4.69, 9.17) is 4.74 Å². The zero-order chi connectivity index (χ0) is 14.0. The Balaban J connectivity index is 2.89. The molecule has 1 amide bonds. The summed E-state index contributed by atoms with van der Waals surface area (Å²) >= 11 is 0. The topological polar surface area (TPSA) is 51.2 Å². The van der Waals surface area contributed by atoms with E-state index >= 15 is 0 Å². The van der Waals surface area contributed by atoms with E-state index < -0.39 is 29.3 Å². The Hall–Kier alpha value is -1.79. The largest absolute Gasteiger partial charge is 0.444 e. The maximum Gasteiger partial charge on any atom is 0.419 e. The van der Waals surface area contributed by atoms with Crippen LogP contribution in [0.25, 0.3) is 0 Å². The van der Waals surface area contributed by atoms with Crippen LogP contribution < -0.4 is 5.32 Å². The average Bonchev–Trinajstić information content (AvgIpc) is 2.13. The normalized spacial score (nSPS) is 12.1. The van der Waals surface area contributed by atoms with Crippen molar-refractivity contribution < 1.29 is 22.7 Å². The number of hydrogen-bond acceptors (Lipinski definition) is 3. The van der Waals surface area contributed by atoms with Crippen LogP contribution >= 0.6 is 0 Å². The molecule has 18 heavy (non-hydrogen) atoms. The van der Waals surface area contributed by atoms with Crippen LogP contribution in [0.2, 0.25) is 0 Å². The van der Waals surface area contributed by atoms with Crippen LogP contribution in [0.1, 0.15) is 26.3 Å². The van der Waals surface area contributed by atoms with Crippen molar-refractivity contribution >= 4 is 11.9 Å². The molecule has 99 valence electrons. The fourth-order valence-corrected chi connectivity index (χ4v) is 1.08. The first-order chi connectivity index (χ1) is 8.09. The van der Waals surface area contributed by atoms with Gasteiger partial charge < -0.3 is 4.74 Å². The Morgan fingerprint density at radius 3 is 2.50 bits per heavy atom. The zero-order valence-corrected chi connectivity index (χ0v) is 10.1. The van der Waals surface area contributed by atoms with Crippen molar-refractivity contribution in [2.24, 2.45) is 0 Å². The SMILES string of the molecule is CC(C)(C)OC(=O)Nc1nc[c]cc1C(F)(F)F. The molecule has 0 unspecified atom stereocenters. The number of hydrogen-bond donors (Lipinski definition) is 1. The van der Waals surface area contributed by atoms with E-state index in [0.717, 1.165) is 6.20 Å². The van der Waals surface area contributed by atoms with Gasteiger partial charge in [-0.3, -0.25) is 5.32 Å². The average molecular weight is 261 g/mol. The number of amides is 1. The number of rotatable bonds is 1. The molecule has 0 spiro atoms. The molecule has 1 aromatic heterocycles. The lowest BCUT2D eigenvalue weighted by Crippen LogP contribution is -2.28. The maximum atomic E-state index is 12.6. The summed E-state index contributed by atoms with van der Waals surface area (Å²) in [6, 6.07) is 2.91. The molecule has 1 rings (SSSR count). The second kappa shape index (κ2) is 4.83. The van der Waals surface area contributed by atoms with Crippen LogP contribution in [0.5, 0.6) is 0 Å². The minimum Gasteiger partial charge on any atom is -0.444 e. The number of anilines is 1. The highest BCUT2D eigenvalue weighted by molar-refractivity contribution is 5.84. The molecule has 7 heteroatoms. The number of pyridine rings is 1. The molecule has 1 aromatic rings. The minimum absolute atomic E-state index is 0.601. The summed E-state index contributed by atoms with van der Waals surface area (Å²) in [5.41, 5.74) is -1.88. The van der Waals surface area contributed by atoms with Gasteiger partial charge in [0.25, 0.3) is 0 Å². The van der Waals surface area contributed by atoms with Crippen LogP contribution in [0.4, 0.5) is 23.8 Å². The summed E-state index contributed by atoms with van der Waals surface area (Å²) in [5, 5.41) is 1.96. The van der Waals surface area contributed by atoms with E-state index in [1.54, 1.807) is 20.8 Å². The van der Waals surface area contributed by atoms with Gasteiger partial charge in [0.15, 0.2) is 0 Å². The quantitative estimate of drug-likeness (QED) is 0.844. The van der Waals surface area contributed by atoms with Crippen molar-refractivity contribution in [3.8, 4) is 0 Å². The maximum absolute atomic E-state index is 12.6. The van der Waals surface area contributed by atoms with Crippen molar-refractivity contribution in [1.82, 2.24) is 4.98 Å². The molecular formula is C11H12F3N2O2. The molecule has 4 nitrogen and oxygen atoms in total. The lowest BCUT2D eigenvalue weighted by Gasteiger charge is -2.20. The number of carbonyl (C=O) groups is 1. The molecule has 0 saturated carbocycles. The van der Waals surface area contributed by atoms with E-state index in [0.29, 0.717) is 6.07 Å². The van der Waals surface area contributed by atoms with Crippen molar-refractivity contribution in [2.45, 2.75) is 32.5 Å².